The normalized spacial score (nSPS) is 16.2. The number of amides is 1. The first-order chi connectivity index (χ1) is 7.68. The standard InChI is InChI=1S/C11H13N3O2/c12-10(16)9-2-1-5-13-11(9)14-6-3-8(15)4-7-14/h1-2,5H,3-4,6-7H2,(H2,12,16). The van der Waals surface area contributed by atoms with E-state index in [4.69, 9.17) is 5.73 Å². The van der Waals surface area contributed by atoms with Crippen molar-refractivity contribution in [3.05, 3.63) is 23.9 Å². The third kappa shape index (κ3) is 2.03. The minimum atomic E-state index is -0.486. The third-order valence-electron chi connectivity index (χ3n) is 2.67. The van der Waals surface area contributed by atoms with Gasteiger partial charge in [-0.05, 0) is 12.1 Å². The Balaban J connectivity index is 2.26. The Morgan fingerprint density at radius 1 is 1.38 bits per heavy atom. The molecule has 1 aromatic heterocycles. The third-order valence-corrected chi connectivity index (χ3v) is 2.67. The van der Waals surface area contributed by atoms with E-state index in [1.54, 1.807) is 18.3 Å². The van der Waals surface area contributed by atoms with E-state index < -0.39 is 5.91 Å². The van der Waals surface area contributed by atoms with Gasteiger partial charge in [0.05, 0.1) is 5.56 Å². The molecular formula is C11H13N3O2. The fraction of sp³-hybridized carbons (Fsp3) is 0.364. The highest BCUT2D eigenvalue weighted by Gasteiger charge is 2.20. The van der Waals surface area contributed by atoms with Crippen LogP contribution in [0.4, 0.5) is 5.82 Å². The lowest BCUT2D eigenvalue weighted by atomic mass is 10.1. The highest BCUT2D eigenvalue weighted by Crippen LogP contribution is 2.19. The number of pyridine rings is 1. The number of ketones is 1. The molecule has 0 radical (unpaired) electrons. The highest BCUT2D eigenvalue weighted by atomic mass is 16.1. The molecule has 0 aliphatic carbocycles. The van der Waals surface area contributed by atoms with Gasteiger partial charge in [0.2, 0.25) is 0 Å². The van der Waals surface area contributed by atoms with Gasteiger partial charge >= 0.3 is 0 Å². The second-order valence-electron chi connectivity index (χ2n) is 3.76. The summed E-state index contributed by atoms with van der Waals surface area (Å²) in [6.45, 7) is 1.21. The molecule has 2 heterocycles. The van der Waals surface area contributed by atoms with E-state index in [1.807, 2.05) is 4.90 Å². The SMILES string of the molecule is NC(=O)c1cccnc1N1CCC(=O)CC1. The molecule has 16 heavy (non-hydrogen) atoms. The van der Waals surface area contributed by atoms with Crippen LogP contribution < -0.4 is 10.6 Å². The van der Waals surface area contributed by atoms with Crippen molar-refractivity contribution in [1.82, 2.24) is 4.98 Å². The Bertz CT molecular complexity index is 421. The summed E-state index contributed by atoms with van der Waals surface area (Å²) in [6.07, 6.45) is 2.64. The van der Waals surface area contributed by atoms with E-state index in [-0.39, 0.29) is 5.78 Å². The largest absolute Gasteiger partial charge is 0.365 e. The summed E-state index contributed by atoms with van der Waals surface area (Å²) in [5.41, 5.74) is 5.69. The van der Waals surface area contributed by atoms with Crippen molar-refractivity contribution in [2.24, 2.45) is 5.73 Å². The Hall–Kier alpha value is -1.91. The molecule has 1 fully saturated rings. The quantitative estimate of drug-likeness (QED) is 0.778. The van der Waals surface area contributed by atoms with Crippen LogP contribution in [-0.4, -0.2) is 29.8 Å². The van der Waals surface area contributed by atoms with E-state index in [0.717, 1.165) is 0 Å². The lowest BCUT2D eigenvalue weighted by Crippen LogP contribution is -2.35. The lowest BCUT2D eigenvalue weighted by Gasteiger charge is -2.28. The zero-order valence-electron chi connectivity index (χ0n) is 8.85. The van der Waals surface area contributed by atoms with Gasteiger partial charge in [0.25, 0.3) is 5.91 Å². The Labute approximate surface area is 93.3 Å². The molecule has 0 atom stereocenters. The number of anilines is 1. The number of carbonyl (C=O) groups is 2. The molecule has 2 rings (SSSR count). The van der Waals surface area contributed by atoms with Crippen LogP contribution in [0, 0.1) is 0 Å². The molecule has 1 aliphatic rings. The molecule has 0 unspecified atom stereocenters. The number of nitrogens with two attached hydrogens (primary N) is 1. The van der Waals surface area contributed by atoms with Crippen molar-refractivity contribution in [2.45, 2.75) is 12.8 Å². The van der Waals surface area contributed by atoms with Gasteiger partial charge in [0.15, 0.2) is 0 Å². The molecular weight excluding hydrogens is 206 g/mol. The zero-order valence-corrected chi connectivity index (χ0v) is 8.85. The van der Waals surface area contributed by atoms with Crippen LogP contribution in [0.25, 0.3) is 0 Å². The van der Waals surface area contributed by atoms with Crippen LogP contribution in [0.2, 0.25) is 0 Å². The molecule has 1 aromatic rings. The first-order valence-electron chi connectivity index (χ1n) is 5.20. The van der Waals surface area contributed by atoms with Gasteiger partial charge in [-0.15, -0.1) is 0 Å². The summed E-state index contributed by atoms with van der Waals surface area (Å²) in [6, 6.07) is 3.33. The monoisotopic (exact) mass is 219 g/mol. The van der Waals surface area contributed by atoms with E-state index in [1.165, 1.54) is 0 Å². The first kappa shape index (κ1) is 10.6. The fourth-order valence-electron chi connectivity index (χ4n) is 1.81. The fourth-order valence-corrected chi connectivity index (χ4v) is 1.81. The van der Waals surface area contributed by atoms with Crippen molar-refractivity contribution >= 4 is 17.5 Å². The van der Waals surface area contributed by atoms with Crippen LogP contribution in [0.15, 0.2) is 18.3 Å². The maximum Gasteiger partial charge on any atom is 0.252 e. The molecule has 0 saturated carbocycles. The number of hydrogen-bond acceptors (Lipinski definition) is 4. The molecule has 1 amide bonds. The molecule has 0 bridgehead atoms. The van der Waals surface area contributed by atoms with Gasteiger partial charge in [0.1, 0.15) is 11.6 Å². The van der Waals surface area contributed by atoms with Crippen LogP contribution >= 0.6 is 0 Å². The molecule has 5 heteroatoms. The number of rotatable bonds is 2. The van der Waals surface area contributed by atoms with E-state index >= 15 is 0 Å². The van der Waals surface area contributed by atoms with Crippen molar-refractivity contribution in [3.8, 4) is 0 Å². The molecule has 0 aromatic carbocycles. The van der Waals surface area contributed by atoms with Crippen LogP contribution in [0.3, 0.4) is 0 Å². The van der Waals surface area contributed by atoms with E-state index in [2.05, 4.69) is 4.98 Å². The smallest absolute Gasteiger partial charge is 0.252 e. The first-order valence-corrected chi connectivity index (χ1v) is 5.20. The topological polar surface area (TPSA) is 76.3 Å². The van der Waals surface area contributed by atoms with Gasteiger partial charge in [0, 0.05) is 32.1 Å². The molecule has 1 aliphatic heterocycles. The van der Waals surface area contributed by atoms with Gasteiger partial charge in [-0.3, -0.25) is 9.59 Å². The molecule has 84 valence electrons. The number of Topliss-reactive ketones (excluding diaryl/α,β-unsaturated/α-hetero) is 1. The average Bonchev–Trinajstić information content (AvgIpc) is 2.30. The minimum Gasteiger partial charge on any atom is -0.365 e. The zero-order chi connectivity index (χ0) is 11.5. The molecule has 2 N–H and O–H groups in total. The minimum absolute atomic E-state index is 0.257. The summed E-state index contributed by atoms with van der Waals surface area (Å²) in [5.74, 6) is 0.357. The summed E-state index contributed by atoms with van der Waals surface area (Å²) in [4.78, 5) is 28.4. The summed E-state index contributed by atoms with van der Waals surface area (Å²) in [7, 11) is 0. The maximum absolute atomic E-state index is 11.2. The van der Waals surface area contributed by atoms with Crippen molar-refractivity contribution in [1.29, 1.82) is 0 Å². The average molecular weight is 219 g/mol. The van der Waals surface area contributed by atoms with Crippen LogP contribution in [0.1, 0.15) is 23.2 Å². The van der Waals surface area contributed by atoms with Crippen LogP contribution in [0.5, 0.6) is 0 Å². The van der Waals surface area contributed by atoms with Gasteiger partial charge in [-0.25, -0.2) is 4.98 Å². The van der Waals surface area contributed by atoms with Gasteiger partial charge in [-0.1, -0.05) is 0 Å². The van der Waals surface area contributed by atoms with Gasteiger partial charge < -0.3 is 10.6 Å². The summed E-state index contributed by atoms with van der Waals surface area (Å²) in [5, 5.41) is 0. The maximum atomic E-state index is 11.2. The number of carbonyl (C=O) groups excluding carboxylic acids is 2. The Morgan fingerprint density at radius 2 is 2.06 bits per heavy atom. The lowest BCUT2D eigenvalue weighted by molar-refractivity contribution is -0.119. The highest BCUT2D eigenvalue weighted by molar-refractivity contribution is 5.97. The Morgan fingerprint density at radius 3 is 2.69 bits per heavy atom. The summed E-state index contributed by atoms with van der Waals surface area (Å²) >= 11 is 0. The van der Waals surface area contributed by atoms with Crippen molar-refractivity contribution in [3.63, 3.8) is 0 Å². The van der Waals surface area contributed by atoms with Crippen molar-refractivity contribution < 1.29 is 9.59 Å². The van der Waals surface area contributed by atoms with Gasteiger partial charge in [-0.2, -0.15) is 0 Å². The number of piperidine rings is 1. The Kier molecular flexibility index (Phi) is 2.85. The van der Waals surface area contributed by atoms with E-state index in [9.17, 15) is 9.59 Å². The number of aromatic nitrogens is 1. The molecule has 1 saturated heterocycles. The number of hydrogen-bond donors (Lipinski definition) is 1. The number of primary amides is 1. The second-order valence-corrected chi connectivity index (χ2v) is 3.76. The molecule has 5 nitrogen and oxygen atoms in total. The van der Waals surface area contributed by atoms with Crippen LogP contribution in [-0.2, 0) is 4.79 Å². The van der Waals surface area contributed by atoms with Crippen molar-refractivity contribution in [2.75, 3.05) is 18.0 Å². The number of nitrogens with zero attached hydrogens (tertiary/aromatic N) is 2. The van der Waals surface area contributed by atoms with E-state index in [0.29, 0.717) is 37.3 Å². The summed E-state index contributed by atoms with van der Waals surface area (Å²) < 4.78 is 0. The second kappa shape index (κ2) is 4.30. The predicted molar refractivity (Wildman–Crippen MR) is 59.2 cm³/mol. The molecule has 0 spiro atoms. The predicted octanol–water partition coefficient (Wildman–Crippen LogP) is 0.350.